The molecule has 2 aliphatic rings. The van der Waals surface area contributed by atoms with E-state index in [1.165, 1.54) is 5.57 Å². The molecule has 3 heteroatoms. The van der Waals surface area contributed by atoms with Gasteiger partial charge in [0.15, 0.2) is 0 Å². The highest BCUT2D eigenvalue weighted by Gasteiger charge is 2.27. The van der Waals surface area contributed by atoms with Gasteiger partial charge in [-0.1, -0.05) is 18.2 Å². The van der Waals surface area contributed by atoms with E-state index in [2.05, 4.69) is 37.0 Å². The summed E-state index contributed by atoms with van der Waals surface area (Å²) in [4.78, 5) is 2.40. The van der Waals surface area contributed by atoms with Crippen molar-refractivity contribution in [2.45, 2.75) is 38.7 Å². The molecule has 1 aliphatic heterocycles. The summed E-state index contributed by atoms with van der Waals surface area (Å²) in [6, 6.07) is 0. The van der Waals surface area contributed by atoms with E-state index in [0.717, 1.165) is 51.2 Å². The standard InChI is InChI=1S/C15H24N2O/c1-15(2)12-17(9-10-18-15)11-13-7-5-3-4-6-8-14(13)16/h3,5,7,16H,4,6,8-12H2,1-2H3/b5-3?,13-7-,16-14?. The molecule has 0 aromatic rings. The predicted molar refractivity (Wildman–Crippen MR) is 75.3 cm³/mol. The number of nitrogens with zero attached hydrogens (tertiary/aromatic N) is 1. The second kappa shape index (κ2) is 5.81. The Kier molecular flexibility index (Phi) is 4.36. The number of allylic oxidation sites excluding steroid dienone is 3. The third-order valence-corrected chi connectivity index (χ3v) is 3.52. The largest absolute Gasteiger partial charge is 0.373 e. The van der Waals surface area contributed by atoms with Crippen LogP contribution in [-0.4, -0.2) is 42.5 Å². The van der Waals surface area contributed by atoms with Crippen LogP contribution >= 0.6 is 0 Å². The molecule has 1 aliphatic carbocycles. The lowest BCUT2D eigenvalue weighted by Crippen LogP contribution is -2.49. The molecule has 18 heavy (non-hydrogen) atoms. The van der Waals surface area contributed by atoms with Crippen LogP contribution in [0.1, 0.15) is 33.1 Å². The van der Waals surface area contributed by atoms with E-state index in [4.69, 9.17) is 10.1 Å². The zero-order chi connectivity index (χ0) is 13.0. The highest BCUT2D eigenvalue weighted by molar-refractivity contribution is 5.98. The van der Waals surface area contributed by atoms with Gasteiger partial charge < -0.3 is 10.1 Å². The Morgan fingerprint density at radius 1 is 1.44 bits per heavy atom. The summed E-state index contributed by atoms with van der Waals surface area (Å²) >= 11 is 0. The van der Waals surface area contributed by atoms with Crippen molar-refractivity contribution in [2.24, 2.45) is 0 Å². The van der Waals surface area contributed by atoms with Crippen LogP contribution in [0.3, 0.4) is 0 Å². The SMILES string of the molecule is CC1(C)CN(C/C2=C/C=CCCCC2=N)CCO1. The lowest BCUT2D eigenvalue weighted by atomic mass is 10.00. The van der Waals surface area contributed by atoms with Gasteiger partial charge in [0, 0.05) is 25.3 Å². The monoisotopic (exact) mass is 248 g/mol. The van der Waals surface area contributed by atoms with E-state index < -0.39 is 0 Å². The lowest BCUT2D eigenvalue weighted by Gasteiger charge is -2.38. The number of hydrogen-bond acceptors (Lipinski definition) is 3. The molecule has 1 fully saturated rings. The van der Waals surface area contributed by atoms with Gasteiger partial charge in [0.2, 0.25) is 0 Å². The Hall–Kier alpha value is -0.930. The summed E-state index contributed by atoms with van der Waals surface area (Å²) in [5.41, 5.74) is 1.92. The minimum atomic E-state index is -0.0571. The molecule has 0 unspecified atom stereocenters. The van der Waals surface area contributed by atoms with Gasteiger partial charge in [0.05, 0.1) is 12.2 Å². The van der Waals surface area contributed by atoms with Crippen LogP contribution in [0.15, 0.2) is 23.8 Å². The highest BCUT2D eigenvalue weighted by atomic mass is 16.5. The van der Waals surface area contributed by atoms with Crippen molar-refractivity contribution in [3.63, 3.8) is 0 Å². The first-order valence-electron chi connectivity index (χ1n) is 6.87. The van der Waals surface area contributed by atoms with Crippen molar-refractivity contribution >= 4 is 5.71 Å². The first kappa shape index (κ1) is 13.5. The molecular weight excluding hydrogens is 224 g/mol. The first-order valence-corrected chi connectivity index (χ1v) is 6.87. The summed E-state index contributed by atoms with van der Waals surface area (Å²) < 4.78 is 5.73. The van der Waals surface area contributed by atoms with Crippen molar-refractivity contribution in [1.29, 1.82) is 5.41 Å². The quantitative estimate of drug-likeness (QED) is 0.815. The molecule has 3 nitrogen and oxygen atoms in total. The predicted octanol–water partition coefficient (Wildman–Crippen LogP) is 2.78. The molecule has 0 radical (unpaired) electrons. The fraction of sp³-hybridized carbons (Fsp3) is 0.667. The maximum Gasteiger partial charge on any atom is 0.0753 e. The molecule has 1 heterocycles. The van der Waals surface area contributed by atoms with Gasteiger partial charge in [-0.05, 0) is 38.7 Å². The van der Waals surface area contributed by atoms with E-state index >= 15 is 0 Å². The van der Waals surface area contributed by atoms with Crippen molar-refractivity contribution in [3.05, 3.63) is 23.8 Å². The Morgan fingerprint density at radius 2 is 2.28 bits per heavy atom. The van der Waals surface area contributed by atoms with Crippen LogP contribution in [0.4, 0.5) is 0 Å². The number of nitrogens with one attached hydrogen (secondary N) is 1. The maximum absolute atomic E-state index is 8.14. The molecule has 0 atom stereocenters. The van der Waals surface area contributed by atoms with Gasteiger partial charge in [0.25, 0.3) is 0 Å². The zero-order valence-corrected chi connectivity index (χ0v) is 11.5. The molecule has 0 saturated carbocycles. The van der Waals surface area contributed by atoms with Crippen LogP contribution in [0, 0.1) is 5.41 Å². The third-order valence-electron chi connectivity index (χ3n) is 3.52. The topological polar surface area (TPSA) is 36.3 Å². The fourth-order valence-corrected chi connectivity index (χ4v) is 2.58. The van der Waals surface area contributed by atoms with Crippen molar-refractivity contribution < 1.29 is 4.74 Å². The zero-order valence-electron chi connectivity index (χ0n) is 11.5. The van der Waals surface area contributed by atoms with Crippen molar-refractivity contribution in [1.82, 2.24) is 4.90 Å². The van der Waals surface area contributed by atoms with Gasteiger partial charge in [-0.3, -0.25) is 4.90 Å². The Morgan fingerprint density at radius 3 is 3.06 bits per heavy atom. The van der Waals surface area contributed by atoms with Crippen LogP contribution in [0.25, 0.3) is 0 Å². The van der Waals surface area contributed by atoms with Crippen molar-refractivity contribution in [3.8, 4) is 0 Å². The van der Waals surface area contributed by atoms with Crippen LogP contribution in [0.2, 0.25) is 0 Å². The summed E-state index contributed by atoms with van der Waals surface area (Å²) in [6.45, 7) is 7.87. The van der Waals surface area contributed by atoms with Gasteiger partial charge in [0.1, 0.15) is 0 Å². The Labute approximate surface area is 110 Å². The summed E-state index contributed by atoms with van der Waals surface area (Å²) in [7, 11) is 0. The average Bonchev–Trinajstić information content (AvgIpc) is 2.28. The average molecular weight is 248 g/mol. The summed E-state index contributed by atoms with van der Waals surface area (Å²) in [6.07, 6.45) is 9.52. The molecule has 0 aromatic carbocycles. The molecule has 2 rings (SSSR count). The van der Waals surface area contributed by atoms with E-state index in [0.29, 0.717) is 0 Å². The normalized spacial score (nSPS) is 28.3. The van der Waals surface area contributed by atoms with Gasteiger partial charge >= 0.3 is 0 Å². The molecule has 1 N–H and O–H groups in total. The van der Waals surface area contributed by atoms with Gasteiger partial charge in [-0.15, -0.1) is 0 Å². The number of rotatable bonds is 2. The second-order valence-corrected chi connectivity index (χ2v) is 5.81. The van der Waals surface area contributed by atoms with E-state index in [-0.39, 0.29) is 5.60 Å². The molecule has 0 bridgehead atoms. The molecular formula is C15H24N2O. The molecule has 0 amide bonds. The minimum absolute atomic E-state index is 0.0571. The van der Waals surface area contributed by atoms with Crippen LogP contribution in [0.5, 0.6) is 0 Å². The smallest absolute Gasteiger partial charge is 0.0753 e. The minimum Gasteiger partial charge on any atom is -0.373 e. The summed E-state index contributed by atoms with van der Waals surface area (Å²) in [5, 5.41) is 8.14. The first-order chi connectivity index (χ1) is 8.57. The maximum atomic E-state index is 8.14. The lowest BCUT2D eigenvalue weighted by molar-refractivity contribution is -0.0832. The number of ether oxygens (including phenoxy) is 1. The number of hydrogen-bond donors (Lipinski definition) is 1. The second-order valence-electron chi connectivity index (χ2n) is 5.81. The Bertz CT molecular complexity index is 369. The van der Waals surface area contributed by atoms with Gasteiger partial charge in [-0.2, -0.15) is 0 Å². The molecule has 1 saturated heterocycles. The van der Waals surface area contributed by atoms with E-state index in [1.807, 2.05) is 0 Å². The van der Waals surface area contributed by atoms with E-state index in [9.17, 15) is 0 Å². The van der Waals surface area contributed by atoms with Crippen molar-refractivity contribution in [2.75, 3.05) is 26.2 Å². The third kappa shape index (κ3) is 3.79. The molecule has 0 spiro atoms. The van der Waals surface area contributed by atoms with Crippen LogP contribution in [-0.2, 0) is 4.74 Å². The Balaban J connectivity index is 2.00. The molecule has 100 valence electrons. The van der Waals surface area contributed by atoms with E-state index in [1.54, 1.807) is 0 Å². The van der Waals surface area contributed by atoms with Gasteiger partial charge in [-0.25, -0.2) is 0 Å². The summed E-state index contributed by atoms with van der Waals surface area (Å²) in [5.74, 6) is 0. The number of morpholine rings is 1. The van der Waals surface area contributed by atoms with Crippen LogP contribution < -0.4 is 0 Å². The molecule has 0 aromatic heterocycles. The highest BCUT2D eigenvalue weighted by Crippen LogP contribution is 2.19. The fourth-order valence-electron chi connectivity index (χ4n) is 2.58.